The monoisotopic (exact) mass is 448 g/mol. The number of benzene rings is 2. The third kappa shape index (κ3) is 6.02. The molecule has 2 aromatic rings. The Labute approximate surface area is 197 Å². The van der Waals surface area contributed by atoms with Gasteiger partial charge < -0.3 is 14.5 Å². The van der Waals surface area contributed by atoms with E-state index in [1.165, 1.54) is 16.7 Å². The van der Waals surface area contributed by atoms with Crippen LogP contribution in [0, 0.1) is 12.8 Å². The summed E-state index contributed by atoms with van der Waals surface area (Å²) in [5.74, 6) is 0.106. The molecule has 2 atom stereocenters. The number of amides is 2. The van der Waals surface area contributed by atoms with E-state index in [0.29, 0.717) is 39.0 Å². The van der Waals surface area contributed by atoms with Crippen molar-refractivity contribution in [3.63, 3.8) is 0 Å². The Morgan fingerprint density at radius 1 is 1.09 bits per heavy atom. The average molecular weight is 449 g/mol. The van der Waals surface area contributed by atoms with Gasteiger partial charge in [-0.05, 0) is 56.2 Å². The van der Waals surface area contributed by atoms with Gasteiger partial charge in [-0.2, -0.15) is 0 Å². The van der Waals surface area contributed by atoms with Crippen LogP contribution in [0.5, 0.6) is 0 Å². The van der Waals surface area contributed by atoms with E-state index in [-0.39, 0.29) is 23.8 Å². The lowest BCUT2D eigenvalue weighted by molar-refractivity contribution is -0.135. The van der Waals surface area contributed by atoms with Crippen LogP contribution in [0.3, 0.4) is 0 Å². The summed E-state index contributed by atoms with van der Waals surface area (Å²) in [4.78, 5) is 30.0. The van der Waals surface area contributed by atoms with E-state index >= 15 is 0 Å². The van der Waals surface area contributed by atoms with E-state index < -0.39 is 0 Å². The normalized spacial score (nSPS) is 21.3. The molecule has 0 aromatic heterocycles. The highest BCUT2D eigenvalue weighted by Crippen LogP contribution is 2.24. The number of carbonyl (C=O) groups is 2. The molecule has 0 radical (unpaired) electrons. The zero-order valence-corrected chi connectivity index (χ0v) is 20.0. The van der Waals surface area contributed by atoms with E-state index in [0.717, 1.165) is 31.4 Å². The lowest BCUT2D eigenvalue weighted by Crippen LogP contribution is -2.38. The zero-order chi connectivity index (χ0) is 23.2. The molecule has 33 heavy (non-hydrogen) atoms. The van der Waals surface area contributed by atoms with Crippen LogP contribution in [0.1, 0.15) is 43.7 Å². The van der Waals surface area contributed by atoms with Crippen molar-refractivity contribution >= 4 is 11.8 Å². The number of likely N-dealkylation sites (N-methyl/N-ethyl adjacent to an activating group) is 1. The van der Waals surface area contributed by atoms with E-state index in [1.54, 1.807) is 0 Å². The fraction of sp³-hybridized carbons (Fsp3) is 0.500. The van der Waals surface area contributed by atoms with Gasteiger partial charge in [0.25, 0.3) is 0 Å². The summed E-state index contributed by atoms with van der Waals surface area (Å²) < 4.78 is 5.68. The molecule has 0 aliphatic carbocycles. The van der Waals surface area contributed by atoms with Crippen molar-refractivity contribution in [2.45, 2.75) is 52.1 Å². The summed E-state index contributed by atoms with van der Waals surface area (Å²) in [6, 6.07) is 17.0. The van der Waals surface area contributed by atoms with Crippen molar-refractivity contribution in [1.82, 2.24) is 9.80 Å². The summed E-state index contributed by atoms with van der Waals surface area (Å²) in [6.45, 7) is 7.34. The molecule has 2 aliphatic rings. The summed E-state index contributed by atoms with van der Waals surface area (Å²) >= 11 is 0. The van der Waals surface area contributed by atoms with Gasteiger partial charge in [0.1, 0.15) is 0 Å². The SMILES string of the molecule is CCN1CCN(C(=O)CC[C@H]2CCCO2)C[C@H](Cc2ccc(-c3cccc(C)c3)cc2)C1=O. The standard InChI is InChI=1S/C28H36N2O3/c1-3-29-15-16-30(27(31)14-13-26-8-5-17-33-26)20-25(28(29)32)19-22-9-11-23(12-10-22)24-7-4-6-21(2)18-24/h4,6-7,9-12,18,25-26H,3,5,8,13-17,19-20H2,1-2H3/t25-,26+/m0/s1. The molecule has 0 unspecified atom stereocenters. The summed E-state index contributed by atoms with van der Waals surface area (Å²) in [5, 5.41) is 0. The van der Waals surface area contributed by atoms with Crippen LogP contribution < -0.4 is 0 Å². The Hall–Kier alpha value is -2.66. The number of nitrogens with zero attached hydrogens (tertiary/aromatic N) is 2. The molecule has 0 spiro atoms. The molecule has 2 saturated heterocycles. The van der Waals surface area contributed by atoms with Gasteiger partial charge in [0.2, 0.25) is 11.8 Å². The van der Waals surface area contributed by atoms with Gasteiger partial charge in [0, 0.05) is 39.2 Å². The van der Waals surface area contributed by atoms with E-state index in [4.69, 9.17) is 4.74 Å². The fourth-order valence-electron chi connectivity index (χ4n) is 4.99. The van der Waals surface area contributed by atoms with Crippen LogP contribution in [0.4, 0.5) is 0 Å². The number of carbonyl (C=O) groups excluding carboxylic acids is 2. The molecule has 0 N–H and O–H groups in total. The van der Waals surface area contributed by atoms with Crippen LogP contribution in [0.25, 0.3) is 11.1 Å². The minimum absolute atomic E-state index is 0.149. The third-order valence-corrected chi connectivity index (χ3v) is 6.97. The maximum absolute atomic E-state index is 13.2. The van der Waals surface area contributed by atoms with E-state index in [1.807, 2.05) is 16.7 Å². The van der Waals surface area contributed by atoms with E-state index in [2.05, 4.69) is 55.5 Å². The smallest absolute Gasteiger partial charge is 0.227 e. The van der Waals surface area contributed by atoms with Gasteiger partial charge in [0.05, 0.1) is 12.0 Å². The van der Waals surface area contributed by atoms with Crippen molar-refractivity contribution in [3.05, 3.63) is 59.7 Å². The number of aryl methyl sites for hydroxylation is 1. The van der Waals surface area contributed by atoms with Crippen LogP contribution in [-0.4, -0.2) is 60.5 Å². The van der Waals surface area contributed by atoms with Gasteiger partial charge in [-0.1, -0.05) is 54.1 Å². The quantitative estimate of drug-likeness (QED) is 0.628. The third-order valence-electron chi connectivity index (χ3n) is 6.97. The first-order chi connectivity index (χ1) is 16.0. The number of hydrogen-bond donors (Lipinski definition) is 0. The Balaban J connectivity index is 1.43. The molecule has 2 aromatic carbocycles. The number of ether oxygens (including phenoxy) is 1. The Morgan fingerprint density at radius 3 is 2.61 bits per heavy atom. The lowest BCUT2D eigenvalue weighted by Gasteiger charge is -2.24. The summed E-state index contributed by atoms with van der Waals surface area (Å²) in [6.07, 6.45) is 4.30. The van der Waals surface area contributed by atoms with Crippen molar-refractivity contribution in [3.8, 4) is 11.1 Å². The van der Waals surface area contributed by atoms with Crippen LogP contribution in [0.2, 0.25) is 0 Å². The molecule has 2 heterocycles. The molecule has 0 bridgehead atoms. The topological polar surface area (TPSA) is 49.9 Å². The molecular weight excluding hydrogens is 412 g/mol. The number of hydrogen-bond acceptors (Lipinski definition) is 3. The average Bonchev–Trinajstić information content (AvgIpc) is 3.30. The maximum Gasteiger partial charge on any atom is 0.227 e. The van der Waals surface area contributed by atoms with Gasteiger partial charge in [-0.3, -0.25) is 9.59 Å². The van der Waals surface area contributed by atoms with Crippen molar-refractivity contribution in [2.75, 3.05) is 32.8 Å². The minimum Gasteiger partial charge on any atom is -0.378 e. The molecule has 2 fully saturated rings. The summed E-state index contributed by atoms with van der Waals surface area (Å²) in [7, 11) is 0. The molecule has 5 heteroatoms. The Kier molecular flexibility index (Phi) is 7.81. The van der Waals surface area contributed by atoms with Gasteiger partial charge in [0.15, 0.2) is 0 Å². The van der Waals surface area contributed by atoms with Gasteiger partial charge in [-0.15, -0.1) is 0 Å². The zero-order valence-electron chi connectivity index (χ0n) is 20.0. The highest BCUT2D eigenvalue weighted by atomic mass is 16.5. The van der Waals surface area contributed by atoms with Crippen molar-refractivity contribution < 1.29 is 14.3 Å². The predicted molar refractivity (Wildman–Crippen MR) is 131 cm³/mol. The minimum atomic E-state index is -0.205. The maximum atomic E-state index is 13.2. The second-order valence-electron chi connectivity index (χ2n) is 9.40. The van der Waals surface area contributed by atoms with E-state index in [9.17, 15) is 9.59 Å². The summed E-state index contributed by atoms with van der Waals surface area (Å²) in [5.41, 5.74) is 4.75. The van der Waals surface area contributed by atoms with Crippen LogP contribution in [-0.2, 0) is 20.7 Å². The fourth-order valence-corrected chi connectivity index (χ4v) is 4.99. The highest BCUT2D eigenvalue weighted by molar-refractivity contribution is 5.82. The lowest BCUT2D eigenvalue weighted by atomic mass is 9.95. The first kappa shape index (κ1) is 23.5. The van der Waals surface area contributed by atoms with Crippen LogP contribution >= 0.6 is 0 Å². The van der Waals surface area contributed by atoms with Crippen LogP contribution in [0.15, 0.2) is 48.5 Å². The molecule has 5 nitrogen and oxygen atoms in total. The molecular formula is C28H36N2O3. The molecule has 4 rings (SSSR count). The van der Waals surface area contributed by atoms with Gasteiger partial charge >= 0.3 is 0 Å². The molecule has 2 amide bonds. The molecule has 2 aliphatic heterocycles. The number of rotatable bonds is 7. The Bertz CT molecular complexity index is 950. The second kappa shape index (κ2) is 11.0. The van der Waals surface area contributed by atoms with Gasteiger partial charge in [-0.25, -0.2) is 0 Å². The highest BCUT2D eigenvalue weighted by Gasteiger charge is 2.32. The Morgan fingerprint density at radius 2 is 1.91 bits per heavy atom. The largest absolute Gasteiger partial charge is 0.378 e. The van der Waals surface area contributed by atoms with Crippen molar-refractivity contribution in [2.24, 2.45) is 5.92 Å². The predicted octanol–water partition coefficient (Wildman–Crippen LogP) is 4.47. The first-order valence-corrected chi connectivity index (χ1v) is 12.4. The van der Waals surface area contributed by atoms with Crippen molar-refractivity contribution in [1.29, 1.82) is 0 Å². The molecule has 0 saturated carbocycles. The molecule has 176 valence electrons. The first-order valence-electron chi connectivity index (χ1n) is 12.4. The second-order valence-corrected chi connectivity index (χ2v) is 9.40.